The number of alkyl halides is 3. The third-order valence-electron chi connectivity index (χ3n) is 6.63. The topological polar surface area (TPSA) is 131 Å². The second-order valence-electron chi connectivity index (χ2n) is 11.7. The molecule has 36 heavy (non-hydrogen) atoms. The summed E-state index contributed by atoms with van der Waals surface area (Å²) in [5.74, 6) is -4.33. The highest BCUT2D eigenvalue weighted by Gasteiger charge is 2.47. The molecule has 12 heteroatoms. The molecule has 0 aliphatic carbocycles. The maximum Gasteiger partial charge on any atom is 0.471 e. The van der Waals surface area contributed by atoms with E-state index in [9.17, 15) is 37.6 Å². The molecular formula is C24H36F3N5O4. The van der Waals surface area contributed by atoms with Crippen LogP contribution in [0.15, 0.2) is 0 Å². The SMILES string of the molecule is C[C@@H]1CC[C@@H](C(=O)N[C@H](C#N)C[C@@H]2CC(C)(C)NC2=O)N(C(=O)[C@@H](NC(=O)C(F)(F)F)C(C)(C)C)C1. The van der Waals surface area contributed by atoms with E-state index in [1.54, 1.807) is 5.32 Å². The molecule has 0 unspecified atom stereocenters. The van der Waals surface area contributed by atoms with E-state index in [1.807, 2.05) is 26.8 Å². The van der Waals surface area contributed by atoms with Gasteiger partial charge in [-0.25, -0.2) is 0 Å². The maximum atomic E-state index is 13.5. The van der Waals surface area contributed by atoms with Crippen molar-refractivity contribution >= 4 is 23.6 Å². The average molecular weight is 516 g/mol. The van der Waals surface area contributed by atoms with Gasteiger partial charge in [0.05, 0.1) is 6.07 Å². The van der Waals surface area contributed by atoms with E-state index in [2.05, 4.69) is 10.6 Å². The number of halogens is 3. The molecule has 0 aromatic rings. The average Bonchev–Trinajstić information content (AvgIpc) is 2.99. The third-order valence-corrected chi connectivity index (χ3v) is 6.63. The van der Waals surface area contributed by atoms with E-state index in [4.69, 9.17) is 0 Å². The first-order valence-corrected chi connectivity index (χ1v) is 12.1. The Balaban J connectivity index is 2.21. The Morgan fingerprint density at radius 2 is 1.81 bits per heavy atom. The molecule has 9 nitrogen and oxygen atoms in total. The van der Waals surface area contributed by atoms with Crippen molar-refractivity contribution in [3.05, 3.63) is 0 Å². The smallest absolute Gasteiger partial charge is 0.351 e. The zero-order valence-electron chi connectivity index (χ0n) is 21.6. The molecule has 0 aromatic carbocycles. The van der Waals surface area contributed by atoms with E-state index < -0.39 is 58.9 Å². The predicted octanol–water partition coefficient (Wildman–Crippen LogP) is 2.02. The van der Waals surface area contributed by atoms with Gasteiger partial charge in [-0.2, -0.15) is 18.4 Å². The molecule has 2 aliphatic heterocycles. The Bertz CT molecular complexity index is 922. The molecule has 3 N–H and O–H groups in total. The largest absolute Gasteiger partial charge is 0.471 e. The fraction of sp³-hybridized carbons (Fsp3) is 0.792. The summed E-state index contributed by atoms with van der Waals surface area (Å²) in [4.78, 5) is 51.8. The molecule has 2 heterocycles. The Kier molecular flexibility index (Phi) is 8.69. The molecular weight excluding hydrogens is 479 g/mol. The molecule has 202 valence electrons. The normalized spacial score (nSPS) is 25.8. The number of carbonyl (C=O) groups is 4. The van der Waals surface area contributed by atoms with Gasteiger partial charge in [-0.05, 0) is 50.9 Å². The van der Waals surface area contributed by atoms with Gasteiger partial charge in [-0.15, -0.1) is 0 Å². The van der Waals surface area contributed by atoms with Crippen LogP contribution in [-0.4, -0.2) is 64.9 Å². The van der Waals surface area contributed by atoms with Crippen molar-refractivity contribution in [2.24, 2.45) is 17.3 Å². The standard InChI is InChI=1S/C24H36F3N5O4/c1-13-7-8-16(19(34)29-15(11-28)9-14-10-23(5,6)31-18(14)33)32(12-13)20(35)17(22(2,3)4)30-21(36)24(25,26)27/h13-17H,7-10,12H2,1-6H3,(H,29,34)(H,30,36)(H,31,33)/t13-,14-,15+,16+,17-/m1/s1. The zero-order valence-corrected chi connectivity index (χ0v) is 21.6. The van der Waals surface area contributed by atoms with Crippen LogP contribution in [0.3, 0.4) is 0 Å². The van der Waals surface area contributed by atoms with Gasteiger partial charge in [0.25, 0.3) is 0 Å². The summed E-state index contributed by atoms with van der Waals surface area (Å²) in [5, 5.41) is 16.9. The lowest BCUT2D eigenvalue weighted by Crippen LogP contribution is -2.62. The summed E-state index contributed by atoms with van der Waals surface area (Å²) in [5.41, 5.74) is -1.49. The van der Waals surface area contributed by atoms with Crippen LogP contribution in [0.2, 0.25) is 0 Å². The van der Waals surface area contributed by atoms with E-state index >= 15 is 0 Å². The Hall–Kier alpha value is -2.84. The highest BCUT2D eigenvalue weighted by molar-refractivity contribution is 5.94. The molecule has 0 spiro atoms. The number of piperidine rings is 1. The van der Waals surface area contributed by atoms with Crippen LogP contribution in [-0.2, 0) is 19.2 Å². The van der Waals surface area contributed by atoms with Crippen molar-refractivity contribution in [3.63, 3.8) is 0 Å². The molecule has 0 radical (unpaired) electrons. The van der Waals surface area contributed by atoms with Gasteiger partial charge in [0.2, 0.25) is 17.7 Å². The first-order chi connectivity index (χ1) is 16.4. The van der Waals surface area contributed by atoms with Gasteiger partial charge in [-0.3, -0.25) is 19.2 Å². The van der Waals surface area contributed by atoms with E-state index in [0.29, 0.717) is 12.8 Å². The van der Waals surface area contributed by atoms with Gasteiger partial charge >= 0.3 is 12.1 Å². The van der Waals surface area contributed by atoms with Crippen LogP contribution in [0, 0.1) is 28.6 Å². The van der Waals surface area contributed by atoms with Crippen molar-refractivity contribution in [3.8, 4) is 6.07 Å². The Labute approximate surface area is 209 Å². The molecule has 4 amide bonds. The second kappa shape index (κ2) is 10.6. The lowest BCUT2D eigenvalue weighted by molar-refractivity contribution is -0.176. The van der Waals surface area contributed by atoms with Crippen LogP contribution in [0.25, 0.3) is 0 Å². The summed E-state index contributed by atoms with van der Waals surface area (Å²) in [7, 11) is 0. The zero-order chi connectivity index (χ0) is 27.6. The monoisotopic (exact) mass is 515 g/mol. The van der Waals surface area contributed by atoms with Crippen molar-refractivity contribution in [1.29, 1.82) is 5.26 Å². The molecule has 5 atom stereocenters. The van der Waals surface area contributed by atoms with E-state index in [-0.39, 0.29) is 31.2 Å². The Morgan fingerprint density at radius 1 is 1.19 bits per heavy atom. The highest BCUT2D eigenvalue weighted by atomic mass is 19.4. The van der Waals surface area contributed by atoms with Crippen molar-refractivity contribution in [2.45, 2.75) is 97.1 Å². The number of nitrogens with zero attached hydrogens (tertiary/aromatic N) is 2. The number of hydrogen-bond donors (Lipinski definition) is 3. The maximum absolute atomic E-state index is 13.5. The minimum absolute atomic E-state index is 0.0203. The minimum atomic E-state index is -5.17. The Morgan fingerprint density at radius 3 is 2.28 bits per heavy atom. The van der Waals surface area contributed by atoms with Crippen molar-refractivity contribution in [2.75, 3.05) is 6.54 Å². The number of rotatable bonds is 6. The number of hydrogen-bond acceptors (Lipinski definition) is 5. The van der Waals surface area contributed by atoms with Gasteiger partial charge < -0.3 is 20.9 Å². The first kappa shape index (κ1) is 29.4. The lowest BCUT2D eigenvalue weighted by Gasteiger charge is -2.42. The van der Waals surface area contributed by atoms with Crippen LogP contribution in [0.5, 0.6) is 0 Å². The van der Waals surface area contributed by atoms with Crippen LogP contribution in [0.1, 0.15) is 67.2 Å². The number of nitriles is 1. The van der Waals surface area contributed by atoms with Gasteiger partial charge in [-0.1, -0.05) is 27.7 Å². The molecule has 2 rings (SSSR count). The van der Waals surface area contributed by atoms with E-state index in [0.717, 1.165) is 0 Å². The van der Waals surface area contributed by atoms with Crippen LogP contribution < -0.4 is 16.0 Å². The molecule has 2 fully saturated rings. The quantitative estimate of drug-likeness (QED) is 0.498. The summed E-state index contributed by atoms with van der Waals surface area (Å²) in [6.07, 6.45) is -3.74. The predicted molar refractivity (Wildman–Crippen MR) is 124 cm³/mol. The molecule has 0 bridgehead atoms. The van der Waals surface area contributed by atoms with Crippen LogP contribution >= 0.6 is 0 Å². The van der Waals surface area contributed by atoms with Crippen molar-refractivity contribution < 1.29 is 32.3 Å². The van der Waals surface area contributed by atoms with E-state index in [1.165, 1.54) is 25.7 Å². The number of likely N-dealkylation sites (tertiary alicyclic amines) is 1. The minimum Gasteiger partial charge on any atom is -0.351 e. The van der Waals surface area contributed by atoms with Crippen LogP contribution in [0.4, 0.5) is 13.2 Å². The summed E-state index contributed by atoms with van der Waals surface area (Å²) >= 11 is 0. The number of amides is 4. The molecule has 2 saturated heterocycles. The molecule has 0 saturated carbocycles. The summed E-state index contributed by atoms with van der Waals surface area (Å²) in [6.45, 7) is 10.3. The summed E-state index contributed by atoms with van der Waals surface area (Å²) < 4.78 is 38.8. The highest BCUT2D eigenvalue weighted by Crippen LogP contribution is 2.30. The number of nitrogens with one attached hydrogen (secondary N) is 3. The summed E-state index contributed by atoms with van der Waals surface area (Å²) in [6, 6.07) is -1.54. The second-order valence-corrected chi connectivity index (χ2v) is 11.7. The van der Waals surface area contributed by atoms with Gasteiger partial charge in [0.15, 0.2) is 0 Å². The van der Waals surface area contributed by atoms with Crippen molar-refractivity contribution in [1.82, 2.24) is 20.9 Å². The first-order valence-electron chi connectivity index (χ1n) is 12.1. The fourth-order valence-corrected chi connectivity index (χ4v) is 4.78. The van der Waals surface area contributed by atoms with Gasteiger partial charge in [0.1, 0.15) is 18.1 Å². The third kappa shape index (κ3) is 7.34. The lowest BCUT2D eigenvalue weighted by atomic mass is 9.84. The molecule has 2 aliphatic rings. The number of carbonyl (C=O) groups excluding carboxylic acids is 4. The fourth-order valence-electron chi connectivity index (χ4n) is 4.78. The molecule has 0 aromatic heterocycles. The van der Waals surface area contributed by atoms with Gasteiger partial charge in [0, 0.05) is 18.0 Å².